The molecule has 0 saturated heterocycles. The highest BCUT2D eigenvalue weighted by atomic mass is 79.9. The summed E-state index contributed by atoms with van der Waals surface area (Å²) in [5.74, 6) is 0.537. The van der Waals surface area contributed by atoms with Crippen molar-refractivity contribution in [1.82, 2.24) is 14.8 Å². The highest BCUT2D eigenvalue weighted by molar-refractivity contribution is 9.10. The molecule has 1 heterocycles. The third-order valence-electron chi connectivity index (χ3n) is 5.17. The fourth-order valence-corrected chi connectivity index (χ4v) is 5.06. The minimum atomic E-state index is -0.328. The van der Waals surface area contributed by atoms with Gasteiger partial charge in [0, 0.05) is 22.0 Å². The molecule has 0 atom stereocenters. The second-order valence-corrected chi connectivity index (χ2v) is 9.21. The standard InChI is InChI=1S/C22H22BrFN4OS/c23-16-6-4-5-15(13-16)14-30-22-27-26-20(25-18-11-9-17(24)10-12-18)21(29)28(22)19-7-2-1-3-8-19/h4-6,9-13,19H,1-3,7-8,14H2,(H,25,26). The van der Waals surface area contributed by atoms with E-state index in [1.165, 1.54) is 30.3 Å². The topological polar surface area (TPSA) is 59.8 Å². The molecule has 5 nitrogen and oxygen atoms in total. The molecule has 2 aromatic carbocycles. The van der Waals surface area contributed by atoms with Crippen LogP contribution in [-0.2, 0) is 5.75 Å². The molecule has 0 unspecified atom stereocenters. The summed E-state index contributed by atoms with van der Waals surface area (Å²) >= 11 is 5.02. The number of benzene rings is 2. The van der Waals surface area contributed by atoms with Crippen molar-refractivity contribution in [3.8, 4) is 0 Å². The van der Waals surface area contributed by atoms with E-state index >= 15 is 0 Å². The van der Waals surface area contributed by atoms with E-state index in [9.17, 15) is 9.18 Å². The highest BCUT2D eigenvalue weighted by Gasteiger charge is 2.23. The van der Waals surface area contributed by atoms with Gasteiger partial charge >= 0.3 is 0 Å². The summed E-state index contributed by atoms with van der Waals surface area (Å²) in [6, 6.07) is 14.1. The molecule has 0 amide bonds. The molecular weight excluding hydrogens is 467 g/mol. The molecule has 156 valence electrons. The van der Waals surface area contributed by atoms with Gasteiger partial charge in [-0.3, -0.25) is 9.36 Å². The Labute approximate surface area is 187 Å². The van der Waals surface area contributed by atoms with E-state index in [4.69, 9.17) is 0 Å². The van der Waals surface area contributed by atoms with E-state index in [0.717, 1.165) is 35.7 Å². The zero-order chi connectivity index (χ0) is 20.9. The molecule has 1 aromatic heterocycles. The molecule has 3 aromatic rings. The van der Waals surface area contributed by atoms with Crippen LogP contribution in [0.3, 0.4) is 0 Å². The normalized spacial score (nSPS) is 14.6. The van der Waals surface area contributed by atoms with Crippen molar-refractivity contribution in [2.45, 2.75) is 49.1 Å². The second-order valence-electron chi connectivity index (χ2n) is 7.35. The third-order valence-corrected chi connectivity index (χ3v) is 6.67. The molecular formula is C22H22BrFN4OS. The van der Waals surface area contributed by atoms with Gasteiger partial charge in [-0.05, 0) is 54.8 Å². The molecule has 0 bridgehead atoms. The lowest BCUT2D eigenvalue weighted by molar-refractivity contribution is 0.321. The van der Waals surface area contributed by atoms with E-state index in [1.807, 2.05) is 12.1 Å². The van der Waals surface area contributed by atoms with Gasteiger partial charge in [-0.1, -0.05) is 59.1 Å². The zero-order valence-electron chi connectivity index (χ0n) is 16.4. The summed E-state index contributed by atoms with van der Waals surface area (Å²) in [5.41, 5.74) is 1.57. The van der Waals surface area contributed by atoms with E-state index in [1.54, 1.807) is 16.7 Å². The van der Waals surface area contributed by atoms with Gasteiger partial charge in [0.15, 0.2) is 5.16 Å². The van der Waals surface area contributed by atoms with Crippen LogP contribution in [0.5, 0.6) is 0 Å². The lowest BCUT2D eigenvalue weighted by Crippen LogP contribution is -2.31. The van der Waals surface area contributed by atoms with Crippen LogP contribution in [0.25, 0.3) is 0 Å². The van der Waals surface area contributed by atoms with Crippen molar-refractivity contribution < 1.29 is 4.39 Å². The first-order valence-electron chi connectivity index (χ1n) is 9.99. The van der Waals surface area contributed by atoms with Crippen molar-refractivity contribution in [1.29, 1.82) is 0 Å². The summed E-state index contributed by atoms with van der Waals surface area (Å²) in [6.45, 7) is 0. The maximum absolute atomic E-state index is 13.3. The van der Waals surface area contributed by atoms with Crippen LogP contribution in [0.15, 0.2) is 63.0 Å². The monoisotopic (exact) mass is 488 g/mol. The van der Waals surface area contributed by atoms with E-state index in [-0.39, 0.29) is 23.2 Å². The maximum Gasteiger partial charge on any atom is 0.297 e. The number of nitrogens with one attached hydrogen (secondary N) is 1. The van der Waals surface area contributed by atoms with Crippen LogP contribution in [0, 0.1) is 5.82 Å². The zero-order valence-corrected chi connectivity index (χ0v) is 18.8. The molecule has 1 saturated carbocycles. The minimum Gasteiger partial charge on any atom is -0.334 e. The van der Waals surface area contributed by atoms with Crippen LogP contribution in [0.4, 0.5) is 15.9 Å². The summed E-state index contributed by atoms with van der Waals surface area (Å²) in [7, 11) is 0. The summed E-state index contributed by atoms with van der Waals surface area (Å²) in [5, 5.41) is 12.2. The van der Waals surface area contributed by atoms with Crippen LogP contribution >= 0.6 is 27.7 Å². The summed E-state index contributed by atoms with van der Waals surface area (Å²) < 4.78 is 16.0. The van der Waals surface area contributed by atoms with Gasteiger partial charge in [-0.25, -0.2) is 4.39 Å². The van der Waals surface area contributed by atoms with Crippen LogP contribution in [-0.4, -0.2) is 14.8 Å². The Morgan fingerprint density at radius 3 is 2.60 bits per heavy atom. The fraction of sp³-hybridized carbons (Fsp3) is 0.318. The lowest BCUT2D eigenvalue weighted by atomic mass is 9.95. The Bertz CT molecular complexity index is 1070. The highest BCUT2D eigenvalue weighted by Crippen LogP contribution is 2.31. The van der Waals surface area contributed by atoms with Crippen LogP contribution in [0.2, 0.25) is 0 Å². The van der Waals surface area contributed by atoms with Crippen LogP contribution < -0.4 is 10.9 Å². The molecule has 30 heavy (non-hydrogen) atoms. The van der Waals surface area contributed by atoms with Crippen molar-refractivity contribution in [2.75, 3.05) is 5.32 Å². The first-order chi connectivity index (χ1) is 14.6. The Morgan fingerprint density at radius 1 is 1.10 bits per heavy atom. The number of aromatic nitrogens is 3. The number of anilines is 2. The van der Waals surface area contributed by atoms with E-state index in [0.29, 0.717) is 16.6 Å². The quantitative estimate of drug-likeness (QED) is 0.426. The molecule has 1 N–H and O–H groups in total. The van der Waals surface area contributed by atoms with Gasteiger partial charge in [-0.15, -0.1) is 10.2 Å². The van der Waals surface area contributed by atoms with Crippen molar-refractivity contribution in [3.63, 3.8) is 0 Å². The first-order valence-corrected chi connectivity index (χ1v) is 11.8. The summed E-state index contributed by atoms with van der Waals surface area (Å²) in [4.78, 5) is 13.3. The number of hydrogen-bond donors (Lipinski definition) is 1. The largest absolute Gasteiger partial charge is 0.334 e. The Kier molecular flexibility index (Phi) is 6.84. The van der Waals surface area contributed by atoms with Gasteiger partial charge < -0.3 is 5.32 Å². The number of halogens is 2. The Balaban J connectivity index is 1.64. The predicted molar refractivity (Wildman–Crippen MR) is 122 cm³/mol. The molecule has 1 aliphatic rings. The molecule has 0 aliphatic heterocycles. The predicted octanol–water partition coefficient (Wildman–Crippen LogP) is 6.08. The molecule has 1 fully saturated rings. The molecule has 8 heteroatoms. The summed E-state index contributed by atoms with van der Waals surface area (Å²) in [6.07, 6.45) is 5.34. The van der Waals surface area contributed by atoms with Gasteiger partial charge in [0.1, 0.15) is 5.82 Å². The minimum absolute atomic E-state index is 0.125. The third kappa shape index (κ3) is 5.10. The van der Waals surface area contributed by atoms with E-state index in [2.05, 4.69) is 43.6 Å². The number of thioether (sulfide) groups is 1. The first kappa shape index (κ1) is 21.1. The average Bonchev–Trinajstić information content (AvgIpc) is 2.76. The lowest BCUT2D eigenvalue weighted by Gasteiger charge is -2.25. The second kappa shape index (κ2) is 9.75. The van der Waals surface area contributed by atoms with Gasteiger partial charge in [0.2, 0.25) is 5.82 Å². The number of hydrogen-bond acceptors (Lipinski definition) is 5. The Hall–Kier alpha value is -2.19. The molecule has 4 rings (SSSR count). The van der Waals surface area contributed by atoms with Gasteiger partial charge in [0.05, 0.1) is 0 Å². The maximum atomic E-state index is 13.3. The smallest absolute Gasteiger partial charge is 0.297 e. The van der Waals surface area contributed by atoms with E-state index < -0.39 is 0 Å². The number of nitrogens with zero attached hydrogens (tertiary/aromatic N) is 3. The molecule has 0 spiro atoms. The van der Waals surface area contributed by atoms with Crippen molar-refractivity contribution in [3.05, 3.63) is 74.7 Å². The van der Waals surface area contributed by atoms with Gasteiger partial charge in [-0.2, -0.15) is 0 Å². The average molecular weight is 489 g/mol. The fourth-order valence-electron chi connectivity index (χ4n) is 3.67. The number of rotatable bonds is 6. The molecule has 1 aliphatic carbocycles. The Morgan fingerprint density at radius 2 is 1.87 bits per heavy atom. The van der Waals surface area contributed by atoms with Crippen molar-refractivity contribution in [2.24, 2.45) is 0 Å². The van der Waals surface area contributed by atoms with Gasteiger partial charge in [0.25, 0.3) is 5.56 Å². The molecule has 0 radical (unpaired) electrons. The van der Waals surface area contributed by atoms with Crippen molar-refractivity contribution >= 4 is 39.2 Å². The SMILES string of the molecule is O=c1c(Nc2ccc(F)cc2)nnc(SCc2cccc(Br)c2)n1C1CCCCC1. The van der Waals surface area contributed by atoms with Crippen LogP contribution in [0.1, 0.15) is 43.7 Å².